The summed E-state index contributed by atoms with van der Waals surface area (Å²) >= 11 is 2.89. The molecule has 6 heteroatoms. The molecule has 2 rings (SSSR count). The van der Waals surface area contributed by atoms with Gasteiger partial charge in [-0.1, -0.05) is 30.3 Å². The molecule has 21 heavy (non-hydrogen) atoms. The molecule has 2 aromatic rings. The van der Waals surface area contributed by atoms with Crippen molar-refractivity contribution >= 4 is 27.5 Å². The van der Waals surface area contributed by atoms with Crippen LogP contribution < -0.4 is 10.6 Å². The monoisotopic (exact) mass is 354 g/mol. The predicted octanol–water partition coefficient (Wildman–Crippen LogP) is 3.46. The van der Waals surface area contributed by atoms with Gasteiger partial charge in [0.05, 0.1) is 16.7 Å². The number of carbonyl (C=O) groups is 1. The van der Waals surface area contributed by atoms with E-state index in [1.165, 1.54) is 0 Å². The van der Waals surface area contributed by atoms with E-state index in [0.717, 1.165) is 17.7 Å². The fourth-order valence-corrected chi connectivity index (χ4v) is 2.01. The van der Waals surface area contributed by atoms with E-state index in [9.17, 15) is 13.6 Å². The maximum atomic E-state index is 13.5. The van der Waals surface area contributed by atoms with E-state index in [4.69, 9.17) is 0 Å². The first-order valence-corrected chi connectivity index (χ1v) is 7.04. The van der Waals surface area contributed by atoms with Crippen LogP contribution in [0.25, 0.3) is 0 Å². The maximum Gasteiger partial charge on any atom is 0.239 e. The van der Waals surface area contributed by atoms with Crippen LogP contribution in [0.5, 0.6) is 0 Å². The van der Waals surface area contributed by atoms with Gasteiger partial charge in [0.1, 0.15) is 11.6 Å². The Morgan fingerprint density at radius 1 is 1.10 bits per heavy atom. The lowest BCUT2D eigenvalue weighted by Crippen LogP contribution is -2.29. The van der Waals surface area contributed by atoms with E-state index >= 15 is 0 Å². The largest absolute Gasteiger partial charge is 0.374 e. The van der Waals surface area contributed by atoms with Gasteiger partial charge in [-0.2, -0.15) is 0 Å². The molecule has 1 amide bonds. The third kappa shape index (κ3) is 4.53. The smallest absolute Gasteiger partial charge is 0.239 e. The second kappa shape index (κ2) is 7.17. The zero-order valence-corrected chi connectivity index (χ0v) is 12.6. The average molecular weight is 355 g/mol. The van der Waals surface area contributed by atoms with Gasteiger partial charge in [-0.15, -0.1) is 0 Å². The van der Waals surface area contributed by atoms with Gasteiger partial charge < -0.3 is 10.6 Å². The number of carbonyl (C=O) groups excluding carboxylic acids is 1. The number of halogens is 3. The molecule has 0 aliphatic heterocycles. The van der Waals surface area contributed by atoms with Gasteiger partial charge >= 0.3 is 0 Å². The van der Waals surface area contributed by atoms with Crippen LogP contribution in [-0.2, 0) is 11.3 Å². The second-order valence-corrected chi connectivity index (χ2v) is 5.22. The van der Waals surface area contributed by atoms with Crippen molar-refractivity contribution in [3.05, 3.63) is 64.1 Å². The van der Waals surface area contributed by atoms with Crippen molar-refractivity contribution in [3.63, 3.8) is 0 Å². The fourth-order valence-electron chi connectivity index (χ4n) is 1.69. The number of hydrogen-bond donors (Lipinski definition) is 2. The Labute approximate surface area is 129 Å². The first kappa shape index (κ1) is 15.4. The standard InChI is InChI=1S/C15H13BrF2N2O/c16-11-6-13(18)14(7-12(11)17)19-9-15(21)20-8-10-4-2-1-3-5-10/h1-7,19H,8-9H2,(H,20,21). The molecule has 2 N–H and O–H groups in total. The van der Waals surface area contributed by atoms with Crippen molar-refractivity contribution in [2.45, 2.75) is 6.54 Å². The first-order valence-electron chi connectivity index (χ1n) is 6.25. The van der Waals surface area contributed by atoms with Gasteiger partial charge in [0.2, 0.25) is 5.91 Å². The summed E-state index contributed by atoms with van der Waals surface area (Å²) in [6.45, 7) is 0.253. The molecule has 0 aliphatic rings. The summed E-state index contributed by atoms with van der Waals surface area (Å²) in [6, 6.07) is 11.4. The summed E-state index contributed by atoms with van der Waals surface area (Å²) in [7, 11) is 0. The zero-order valence-electron chi connectivity index (χ0n) is 11.0. The van der Waals surface area contributed by atoms with Crippen molar-refractivity contribution in [1.82, 2.24) is 5.32 Å². The van der Waals surface area contributed by atoms with Crippen molar-refractivity contribution in [3.8, 4) is 0 Å². The van der Waals surface area contributed by atoms with E-state index in [1.807, 2.05) is 30.3 Å². The van der Waals surface area contributed by atoms with Crippen LogP contribution in [0.2, 0.25) is 0 Å². The van der Waals surface area contributed by atoms with Crippen LogP contribution in [-0.4, -0.2) is 12.5 Å². The molecular formula is C15H13BrF2N2O. The molecule has 0 spiro atoms. The minimum absolute atomic E-state index is 0.0408. The molecule has 3 nitrogen and oxygen atoms in total. The molecule has 0 heterocycles. The van der Waals surface area contributed by atoms with E-state index in [1.54, 1.807) is 0 Å². The Morgan fingerprint density at radius 2 is 1.81 bits per heavy atom. The van der Waals surface area contributed by atoms with Gasteiger partial charge in [-0.3, -0.25) is 4.79 Å². The Bertz CT molecular complexity index is 635. The normalized spacial score (nSPS) is 10.2. The number of anilines is 1. The molecule has 0 aromatic heterocycles. The van der Waals surface area contributed by atoms with Crippen LogP contribution in [0.1, 0.15) is 5.56 Å². The number of nitrogens with one attached hydrogen (secondary N) is 2. The van der Waals surface area contributed by atoms with Crippen molar-refractivity contribution in [1.29, 1.82) is 0 Å². The minimum Gasteiger partial charge on any atom is -0.374 e. The second-order valence-electron chi connectivity index (χ2n) is 4.36. The highest BCUT2D eigenvalue weighted by atomic mass is 79.9. The van der Waals surface area contributed by atoms with Crippen LogP contribution in [0.15, 0.2) is 46.9 Å². The highest BCUT2D eigenvalue weighted by Crippen LogP contribution is 2.23. The SMILES string of the molecule is O=C(CNc1cc(F)c(Br)cc1F)NCc1ccccc1. The quantitative estimate of drug-likeness (QED) is 0.807. The van der Waals surface area contributed by atoms with Crippen molar-refractivity contribution in [2.24, 2.45) is 0 Å². The molecule has 0 saturated heterocycles. The molecule has 2 aromatic carbocycles. The van der Waals surface area contributed by atoms with Crippen LogP contribution in [0.4, 0.5) is 14.5 Å². The molecule has 0 atom stereocenters. The molecule has 0 bridgehead atoms. The van der Waals surface area contributed by atoms with Crippen molar-refractivity contribution < 1.29 is 13.6 Å². The molecule has 0 saturated carbocycles. The summed E-state index contributed by atoms with van der Waals surface area (Å²) < 4.78 is 26.9. The van der Waals surface area contributed by atoms with Crippen molar-refractivity contribution in [2.75, 3.05) is 11.9 Å². The van der Waals surface area contributed by atoms with E-state index in [2.05, 4.69) is 26.6 Å². The van der Waals surface area contributed by atoms with Crippen LogP contribution in [0, 0.1) is 11.6 Å². The lowest BCUT2D eigenvalue weighted by Gasteiger charge is -2.09. The summed E-state index contributed by atoms with van der Waals surface area (Å²) in [5.74, 6) is -1.52. The maximum absolute atomic E-state index is 13.5. The number of hydrogen-bond acceptors (Lipinski definition) is 2. The van der Waals surface area contributed by atoms with Gasteiger partial charge in [0.15, 0.2) is 0 Å². The summed E-state index contributed by atoms with van der Waals surface area (Å²) in [4.78, 5) is 11.7. The highest BCUT2D eigenvalue weighted by molar-refractivity contribution is 9.10. The lowest BCUT2D eigenvalue weighted by molar-refractivity contribution is -0.119. The lowest BCUT2D eigenvalue weighted by atomic mass is 10.2. The zero-order chi connectivity index (χ0) is 15.2. The van der Waals surface area contributed by atoms with Crippen LogP contribution >= 0.6 is 15.9 Å². The average Bonchev–Trinajstić information content (AvgIpc) is 2.48. The third-order valence-corrected chi connectivity index (χ3v) is 3.39. The molecule has 0 fully saturated rings. The highest BCUT2D eigenvalue weighted by Gasteiger charge is 2.09. The summed E-state index contributed by atoms with van der Waals surface area (Å²) in [5.41, 5.74) is 0.914. The first-order chi connectivity index (χ1) is 10.1. The van der Waals surface area contributed by atoms with Gasteiger partial charge in [-0.05, 0) is 27.6 Å². The molecule has 0 aliphatic carbocycles. The summed E-state index contributed by atoms with van der Waals surface area (Å²) in [6.07, 6.45) is 0. The van der Waals surface area contributed by atoms with E-state index in [-0.39, 0.29) is 22.6 Å². The van der Waals surface area contributed by atoms with E-state index < -0.39 is 11.6 Å². The Hall–Kier alpha value is -1.95. The summed E-state index contributed by atoms with van der Waals surface area (Å²) in [5, 5.41) is 5.26. The topological polar surface area (TPSA) is 41.1 Å². The number of benzene rings is 2. The number of amides is 1. The third-order valence-electron chi connectivity index (χ3n) is 2.78. The minimum atomic E-state index is -0.626. The Balaban J connectivity index is 1.85. The van der Waals surface area contributed by atoms with E-state index in [0.29, 0.717) is 6.54 Å². The molecule has 0 radical (unpaired) electrons. The molecular weight excluding hydrogens is 342 g/mol. The van der Waals surface area contributed by atoms with Gasteiger partial charge in [0, 0.05) is 12.6 Å². The van der Waals surface area contributed by atoms with Gasteiger partial charge in [-0.25, -0.2) is 8.78 Å². The predicted molar refractivity (Wildman–Crippen MR) is 80.8 cm³/mol. The fraction of sp³-hybridized carbons (Fsp3) is 0.133. The molecule has 110 valence electrons. The number of rotatable bonds is 5. The van der Waals surface area contributed by atoms with Crippen LogP contribution in [0.3, 0.4) is 0 Å². The molecule has 0 unspecified atom stereocenters. The Morgan fingerprint density at radius 3 is 2.52 bits per heavy atom. The van der Waals surface area contributed by atoms with Gasteiger partial charge in [0.25, 0.3) is 0 Å². The Kier molecular flexibility index (Phi) is 5.27.